The van der Waals surface area contributed by atoms with Gasteiger partial charge in [-0.15, -0.1) is 0 Å². The van der Waals surface area contributed by atoms with Crippen molar-refractivity contribution in [3.8, 4) is 5.75 Å². The summed E-state index contributed by atoms with van der Waals surface area (Å²) in [5.41, 5.74) is 6.91. The number of carbonyl (C=O) groups is 1. The summed E-state index contributed by atoms with van der Waals surface area (Å²) in [6, 6.07) is 13.5. The molecule has 0 saturated carbocycles. The number of nitrogen functional groups attached to an aromatic ring is 1. The molecule has 12 heteroatoms. The van der Waals surface area contributed by atoms with Gasteiger partial charge in [0, 0.05) is 5.39 Å². The van der Waals surface area contributed by atoms with Gasteiger partial charge in [0.05, 0.1) is 18.8 Å². The molecule has 1 fully saturated rings. The Morgan fingerprint density at radius 1 is 1.24 bits per heavy atom. The first kappa shape index (κ1) is 26.7. The number of imidazole rings is 1. The van der Waals surface area contributed by atoms with E-state index in [0.29, 0.717) is 35.7 Å². The molecule has 200 valence electrons. The second kappa shape index (κ2) is 11.9. The molecule has 10 nitrogen and oxygen atoms in total. The van der Waals surface area contributed by atoms with Crippen LogP contribution >= 0.6 is 20.1 Å². The quantitative estimate of drug-likeness (QED) is 0.141. The van der Waals surface area contributed by atoms with Crippen molar-refractivity contribution >= 4 is 54.2 Å². The lowest BCUT2D eigenvalue weighted by atomic mass is 10.1. The van der Waals surface area contributed by atoms with Crippen molar-refractivity contribution in [3.05, 3.63) is 54.1 Å². The molecule has 1 aliphatic rings. The van der Waals surface area contributed by atoms with Crippen LogP contribution in [0.1, 0.15) is 39.3 Å². The number of nitrogens with zero attached hydrogens (tertiary/aromatic N) is 4. The second-order valence-electron chi connectivity index (χ2n) is 9.59. The summed E-state index contributed by atoms with van der Waals surface area (Å²) in [5, 5.41) is 5.55. The van der Waals surface area contributed by atoms with Gasteiger partial charge in [-0.1, -0.05) is 50.2 Å². The number of ether oxygens (including phenoxy) is 1. The van der Waals surface area contributed by atoms with Gasteiger partial charge in [-0.05, 0) is 48.2 Å². The Labute approximate surface area is 226 Å². The lowest BCUT2D eigenvalue weighted by Crippen LogP contribution is -2.30. The number of aromatic nitrogens is 4. The van der Waals surface area contributed by atoms with Crippen molar-refractivity contribution in [2.45, 2.75) is 51.5 Å². The lowest BCUT2D eigenvalue weighted by molar-refractivity contribution is -0.109. The zero-order chi connectivity index (χ0) is 26.6. The van der Waals surface area contributed by atoms with Crippen molar-refractivity contribution in [1.29, 1.82) is 0 Å². The Bertz CT molecular complexity index is 1410. The SMILES string of the molecule is CC(C)CC(C=O)NP(OCC1CCC(n2c(Cl)nc3c(N)ncnc32)O1)Oc1cccc2ccccc12. The van der Waals surface area contributed by atoms with Crippen LogP contribution in [0.15, 0.2) is 48.8 Å². The molecule has 4 atom stereocenters. The first-order valence-electron chi connectivity index (χ1n) is 12.5. The van der Waals surface area contributed by atoms with Crippen LogP contribution in [0.3, 0.4) is 0 Å². The minimum absolute atomic E-state index is 0.213. The first-order valence-corrected chi connectivity index (χ1v) is 14.1. The molecule has 0 aliphatic carbocycles. The molecule has 0 amide bonds. The van der Waals surface area contributed by atoms with Crippen molar-refractivity contribution in [2.24, 2.45) is 5.92 Å². The van der Waals surface area contributed by atoms with Crippen LogP contribution in [0, 0.1) is 5.92 Å². The number of hydrogen-bond donors (Lipinski definition) is 2. The Morgan fingerprint density at radius 3 is 2.87 bits per heavy atom. The maximum Gasteiger partial charge on any atom is 0.318 e. The predicted molar refractivity (Wildman–Crippen MR) is 148 cm³/mol. The van der Waals surface area contributed by atoms with Crippen LogP contribution in [0.25, 0.3) is 21.9 Å². The van der Waals surface area contributed by atoms with Gasteiger partial charge in [-0.2, -0.15) is 0 Å². The van der Waals surface area contributed by atoms with Gasteiger partial charge in [-0.25, -0.2) is 20.0 Å². The van der Waals surface area contributed by atoms with Crippen molar-refractivity contribution in [2.75, 3.05) is 12.3 Å². The van der Waals surface area contributed by atoms with E-state index in [9.17, 15) is 4.79 Å². The molecule has 5 rings (SSSR count). The third-order valence-corrected chi connectivity index (χ3v) is 7.86. The average molecular weight is 557 g/mol. The van der Waals surface area contributed by atoms with E-state index >= 15 is 0 Å². The maximum absolute atomic E-state index is 11.8. The highest BCUT2D eigenvalue weighted by Crippen LogP contribution is 2.41. The van der Waals surface area contributed by atoms with E-state index in [1.807, 2.05) is 42.5 Å². The highest BCUT2D eigenvalue weighted by Gasteiger charge is 2.32. The number of benzene rings is 2. The third kappa shape index (κ3) is 5.90. The molecule has 1 saturated heterocycles. The lowest BCUT2D eigenvalue weighted by Gasteiger charge is -2.24. The molecule has 0 bridgehead atoms. The molecule has 0 radical (unpaired) electrons. The number of hydrogen-bond acceptors (Lipinski definition) is 9. The van der Waals surface area contributed by atoms with Gasteiger partial charge in [-0.3, -0.25) is 4.57 Å². The second-order valence-corrected chi connectivity index (χ2v) is 11.1. The van der Waals surface area contributed by atoms with Crippen molar-refractivity contribution in [1.82, 2.24) is 24.6 Å². The van der Waals surface area contributed by atoms with Crippen molar-refractivity contribution in [3.63, 3.8) is 0 Å². The largest absolute Gasteiger partial charge is 0.435 e. The Kier molecular flexibility index (Phi) is 8.35. The summed E-state index contributed by atoms with van der Waals surface area (Å²) in [4.78, 5) is 24.4. The monoisotopic (exact) mass is 556 g/mol. The van der Waals surface area contributed by atoms with E-state index in [0.717, 1.165) is 23.5 Å². The zero-order valence-corrected chi connectivity index (χ0v) is 22.8. The number of rotatable bonds is 11. The Hall–Kier alpha value is -2.88. The predicted octanol–water partition coefficient (Wildman–Crippen LogP) is 5.42. The van der Waals surface area contributed by atoms with Gasteiger partial charge in [0.1, 0.15) is 24.6 Å². The smallest absolute Gasteiger partial charge is 0.318 e. The maximum atomic E-state index is 11.8. The number of nitrogens with two attached hydrogens (primary N) is 1. The number of carbonyl (C=O) groups excluding carboxylic acids is 1. The van der Waals surface area contributed by atoms with E-state index < -0.39 is 14.6 Å². The number of halogens is 1. The minimum atomic E-state index is -1.64. The van der Waals surface area contributed by atoms with Gasteiger partial charge < -0.3 is 24.3 Å². The summed E-state index contributed by atoms with van der Waals surface area (Å²) in [7, 11) is -1.64. The fourth-order valence-corrected chi connectivity index (χ4v) is 6.07. The third-order valence-electron chi connectivity index (χ3n) is 6.30. The molecular weight excluding hydrogens is 527 g/mol. The molecular formula is C26H30ClN6O4P. The summed E-state index contributed by atoms with van der Waals surface area (Å²) in [6.45, 7) is 4.42. The van der Waals surface area contributed by atoms with Crippen LogP contribution in [0.5, 0.6) is 5.75 Å². The van der Waals surface area contributed by atoms with Crippen LogP contribution in [-0.2, 0) is 14.1 Å². The number of fused-ring (bicyclic) bond motifs is 2. The first-order chi connectivity index (χ1) is 18.4. The normalized spacial score (nSPS) is 19.3. The molecule has 38 heavy (non-hydrogen) atoms. The molecule has 4 unspecified atom stereocenters. The standard InChI is InChI=1S/C26H30ClN6O4P/c1-16(2)12-18(13-34)32-38(37-21-9-5-7-17-6-3-4-8-20(17)21)35-14-19-10-11-22(36-19)33-25-23(31-26(33)27)24(28)29-15-30-25/h3-9,13,15-16,18-19,22,32H,10-12,14H2,1-2H3,(H2,28,29,30). The van der Waals surface area contributed by atoms with Gasteiger partial charge in [0.2, 0.25) is 5.28 Å². The minimum Gasteiger partial charge on any atom is -0.435 e. The molecule has 2 aromatic carbocycles. The number of nitrogens with one attached hydrogen (secondary N) is 1. The summed E-state index contributed by atoms with van der Waals surface area (Å²) in [6.07, 6.45) is 3.82. The summed E-state index contributed by atoms with van der Waals surface area (Å²) >= 11 is 6.40. The van der Waals surface area contributed by atoms with Crippen LogP contribution in [0.4, 0.5) is 5.82 Å². The van der Waals surface area contributed by atoms with E-state index in [2.05, 4.69) is 33.9 Å². The fraction of sp³-hybridized carbons (Fsp3) is 0.385. The number of aldehydes is 1. The molecule has 0 spiro atoms. The van der Waals surface area contributed by atoms with E-state index in [1.54, 1.807) is 4.57 Å². The summed E-state index contributed by atoms with van der Waals surface area (Å²) in [5.74, 6) is 1.29. The molecule has 3 N–H and O–H groups in total. The Morgan fingerprint density at radius 2 is 2.05 bits per heavy atom. The van der Waals surface area contributed by atoms with Crippen LogP contribution in [0.2, 0.25) is 5.28 Å². The van der Waals surface area contributed by atoms with E-state index in [-0.39, 0.29) is 30.0 Å². The van der Waals surface area contributed by atoms with Crippen LogP contribution in [-0.4, -0.2) is 44.6 Å². The van der Waals surface area contributed by atoms with E-state index in [1.165, 1.54) is 6.33 Å². The van der Waals surface area contributed by atoms with Gasteiger partial charge in [0.25, 0.3) is 0 Å². The van der Waals surface area contributed by atoms with Gasteiger partial charge >= 0.3 is 8.53 Å². The highest BCUT2D eigenvalue weighted by atomic mass is 35.5. The topological polar surface area (TPSA) is 126 Å². The number of anilines is 1. The highest BCUT2D eigenvalue weighted by molar-refractivity contribution is 7.45. The van der Waals surface area contributed by atoms with Gasteiger partial charge in [0.15, 0.2) is 17.0 Å². The molecule has 2 aromatic heterocycles. The van der Waals surface area contributed by atoms with Crippen molar-refractivity contribution < 1.29 is 18.6 Å². The molecule has 3 heterocycles. The van der Waals surface area contributed by atoms with Crippen LogP contribution < -0.4 is 15.3 Å². The summed E-state index contributed by atoms with van der Waals surface area (Å²) < 4.78 is 20.6. The Balaban J connectivity index is 1.30. The fourth-order valence-electron chi connectivity index (χ4n) is 4.54. The average Bonchev–Trinajstić information content (AvgIpc) is 3.50. The molecule has 1 aliphatic heterocycles. The molecule has 4 aromatic rings. The van der Waals surface area contributed by atoms with E-state index in [4.69, 9.17) is 31.1 Å². The zero-order valence-electron chi connectivity index (χ0n) is 21.2.